The Morgan fingerprint density at radius 1 is 0.682 bits per heavy atom. The van der Waals surface area contributed by atoms with Crippen LogP contribution in [0.15, 0.2) is 83.1 Å². The van der Waals surface area contributed by atoms with Crippen LogP contribution in [0.3, 0.4) is 0 Å². The first-order chi connectivity index (χ1) is 10.7. The van der Waals surface area contributed by atoms with Crippen molar-refractivity contribution in [2.24, 2.45) is 0 Å². The normalized spacial score (nSPS) is 12.5. The Morgan fingerprint density at radius 2 is 1.05 bits per heavy atom. The lowest BCUT2D eigenvalue weighted by molar-refractivity contribution is 0.689. The molecular weight excluding hydrogens is 318 g/mol. The van der Waals surface area contributed by atoms with Gasteiger partial charge in [-0.2, -0.15) is 8.78 Å². The van der Waals surface area contributed by atoms with Gasteiger partial charge in [0.1, 0.15) is 0 Å². The van der Waals surface area contributed by atoms with Crippen LogP contribution >= 0.6 is 23.5 Å². The molecule has 0 bridgehead atoms. The minimum Gasteiger partial charge on any atom is -0.199 e. The fourth-order valence-electron chi connectivity index (χ4n) is 1.68. The van der Waals surface area contributed by atoms with E-state index >= 15 is 0 Å². The van der Waals surface area contributed by atoms with Gasteiger partial charge in [0.15, 0.2) is 10.3 Å². The summed E-state index contributed by atoms with van der Waals surface area (Å²) in [5.74, 6) is 1.07. The lowest BCUT2D eigenvalue weighted by atomic mass is 10.2. The minimum absolute atomic E-state index is 0.390. The maximum atomic E-state index is 13.6. The average molecular weight is 334 g/mol. The third kappa shape index (κ3) is 6.50. The molecule has 0 unspecified atom stereocenters. The molecular formula is C18H16F2S2. The summed E-state index contributed by atoms with van der Waals surface area (Å²) >= 11 is 2.12. The molecule has 2 rings (SSSR count). The number of hydrogen-bond donors (Lipinski definition) is 0. The van der Waals surface area contributed by atoms with Crippen LogP contribution in [0, 0.1) is 0 Å². The summed E-state index contributed by atoms with van der Waals surface area (Å²) in [6.45, 7) is 0. The standard InChI is InChI=1S/C18H16F2S2/c19-17(21-13-15-7-3-1-4-8-15)11-12-18(20)22-14-16-9-5-2-6-10-16/h1-12H,13-14H2/b17-11-,18-12-. The van der Waals surface area contributed by atoms with Gasteiger partial charge in [0.2, 0.25) is 0 Å². The van der Waals surface area contributed by atoms with Crippen LogP contribution in [0.1, 0.15) is 11.1 Å². The molecule has 0 fully saturated rings. The van der Waals surface area contributed by atoms with Gasteiger partial charge >= 0.3 is 0 Å². The van der Waals surface area contributed by atoms with Crippen molar-refractivity contribution < 1.29 is 8.78 Å². The van der Waals surface area contributed by atoms with Crippen molar-refractivity contribution in [2.45, 2.75) is 11.5 Å². The van der Waals surface area contributed by atoms with Gasteiger partial charge < -0.3 is 0 Å². The first-order valence-electron chi connectivity index (χ1n) is 6.80. The van der Waals surface area contributed by atoms with Crippen LogP contribution in [0.25, 0.3) is 0 Å². The maximum absolute atomic E-state index is 13.6. The molecule has 0 aromatic heterocycles. The van der Waals surface area contributed by atoms with E-state index in [2.05, 4.69) is 0 Å². The molecule has 0 nitrogen and oxygen atoms in total. The van der Waals surface area contributed by atoms with Crippen molar-refractivity contribution in [1.82, 2.24) is 0 Å². The molecule has 0 radical (unpaired) electrons. The zero-order chi connectivity index (χ0) is 15.6. The highest BCUT2D eigenvalue weighted by molar-refractivity contribution is 8.02. The highest BCUT2D eigenvalue weighted by atomic mass is 32.2. The number of rotatable bonds is 7. The first kappa shape index (κ1) is 16.8. The molecule has 2 aromatic carbocycles. The van der Waals surface area contributed by atoms with Gasteiger partial charge in [0, 0.05) is 11.5 Å². The Labute approximate surface area is 138 Å². The van der Waals surface area contributed by atoms with Crippen LogP contribution < -0.4 is 0 Å². The Morgan fingerprint density at radius 3 is 1.41 bits per heavy atom. The van der Waals surface area contributed by atoms with E-state index in [0.29, 0.717) is 11.5 Å². The topological polar surface area (TPSA) is 0 Å². The van der Waals surface area contributed by atoms with Gasteiger partial charge in [-0.05, 0) is 23.3 Å². The van der Waals surface area contributed by atoms with Crippen LogP contribution in [-0.4, -0.2) is 0 Å². The van der Waals surface area contributed by atoms with Crippen molar-refractivity contribution in [1.29, 1.82) is 0 Å². The zero-order valence-corrected chi connectivity index (χ0v) is 13.5. The second kappa shape index (κ2) is 9.49. The van der Waals surface area contributed by atoms with E-state index in [1.165, 1.54) is 12.2 Å². The highest BCUT2D eigenvalue weighted by Gasteiger charge is 1.99. The van der Waals surface area contributed by atoms with E-state index in [1.807, 2.05) is 60.7 Å². The smallest absolute Gasteiger partial charge is 0.156 e. The van der Waals surface area contributed by atoms with Gasteiger partial charge in [0.05, 0.1) is 0 Å². The third-order valence-corrected chi connectivity index (χ3v) is 4.56. The van der Waals surface area contributed by atoms with Crippen molar-refractivity contribution >= 4 is 23.5 Å². The van der Waals surface area contributed by atoms with E-state index in [-0.39, 0.29) is 10.3 Å². The molecule has 0 aliphatic heterocycles. The fraction of sp³-hybridized carbons (Fsp3) is 0.111. The summed E-state index contributed by atoms with van der Waals surface area (Å²) in [6.07, 6.45) is 2.36. The van der Waals surface area contributed by atoms with Crippen LogP contribution in [0.2, 0.25) is 0 Å². The first-order valence-corrected chi connectivity index (χ1v) is 8.77. The Bertz CT molecular complexity index is 565. The summed E-state index contributed by atoms with van der Waals surface area (Å²) in [5.41, 5.74) is 2.08. The SMILES string of the molecule is F/C(=C/C=C(/F)SCc1ccccc1)SCc1ccccc1. The summed E-state index contributed by atoms with van der Waals surface area (Å²) in [5, 5.41) is -0.779. The summed E-state index contributed by atoms with van der Waals surface area (Å²) in [6, 6.07) is 19.2. The van der Waals surface area contributed by atoms with Gasteiger partial charge in [-0.1, -0.05) is 84.2 Å². The molecule has 0 heterocycles. The molecule has 0 aliphatic rings. The van der Waals surface area contributed by atoms with E-state index < -0.39 is 0 Å². The van der Waals surface area contributed by atoms with E-state index in [0.717, 1.165) is 34.7 Å². The minimum atomic E-state index is -0.390. The number of allylic oxidation sites excluding steroid dienone is 2. The molecule has 0 aliphatic carbocycles. The van der Waals surface area contributed by atoms with Crippen molar-refractivity contribution in [3.8, 4) is 0 Å². The largest absolute Gasteiger partial charge is 0.199 e. The van der Waals surface area contributed by atoms with Crippen LogP contribution in [0.4, 0.5) is 8.78 Å². The van der Waals surface area contributed by atoms with Gasteiger partial charge in [-0.3, -0.25) is 0 Å². The number of benzene rings is 2. The lowest BCUT2D eigenvalue weighted by Crippen LogP contribution is -1.79. The summed E-state index contributed by atoms with van der Waals surface area (Å²) in [4.78, 5) is 0. The zero-order valence-electron chi connectivity index (χ0n) is 11.9. The molecule has 0 amide bonds. The molecule has 0 N–H and O–H groups in total. The average Bonchev–Trinajstić information content (AvgIpc) is 2.58. The third-order valence-electron chi connectivity index (χ3n) is 2.78. The molecule has 0 atom stereocenters. The predicted molar refractivity (Wildman–Crippen MR) is 93.9 cm³/mol. The predicted octanol–water partition coefficient (Wildman–Crippen LogP) is 6.48. The number of halogens is 2. The maximum Gasteiger partial charge on any atom is 0.156 e. The molecule has 0 saturated carbocycles. The Balaban J connectivity index is 1.78. The van der Waals surface area contributed by atoms with Gasteiger partial charge in [-0.15, -0.1) is 0 Å². The van der Waals surface area contributed by atoms with E-state index in [1.54, 1.807) is 0 Å². The monoisotopic (exact) mass is 334 g/mol. The van der Waals surface area contributed by atoms with Crippen molar-refractivity contribution in [2.75, 3.05) is 0 Å². The molecule has 0 spiro atoms. The number of thioether (sulfide) groups is 2. The van der Waals surface area contributed by atoms with E-state index in [4.69, 9.17) is 0 Å². The lowest BCUT2D eigenvalue weighted by Gasteiger charge is -1.99. The fourth-order valence-corrected chi connectivity index (χ4v) is 3.00. The van der Waals surface area contributed by atoms with Gasteiger partial charge in [0.25, 0.3) is 0 Å². The summed E-state index contributed by atoms with van der Waals surface area (Å²) < 4.78 is 27.2. The second-order valence-corrected chi connectivity index (χ2v) is 6.42. The Kier molecular flexibility index (Phi) is 7.26. The van der Waals surface area contributed by atoms with Crippen LogP contribution in [0.5, 0.6) is 0 Å². The molecule has 22 heavy (non-hydrogen) atoms. The molecule has 2 aromatic rings. The molecule has 114 valence electrons. The Hall–Kier alpha value is -1.52. The van der Waals surface area contributed by atoms with Crippen molar-refractivity contribution in [3.63, 3.8) is 0 Å². The highest BCUT2D eigenvalue weighted by Crippen LogP contribution is 2.25. The van der Waals surface area contributed by atoms with E-state index in [9.17, 15) is 8.78 Å². The second-order valence-electron chi connectivity index (χ2n) is 4.49. The molecule has 0 saturated heterocycles. The van der Waals surface area contributed by atoms with Gasteiger partial charge in [-0.25, -0.2) is 0 Å². The summed E-state index contributed by atoms with van der Waals surface area (Å²) in [7, 11) is 0. The number of hydrogen-bond acceptors (Lipinski definition) is 2. The van der Waals surface area contributed by atoms with Crippen molar-refractivity contribution in [3.05, 3.63) is 94.3 Å². The quantitative estimate of drug-likeness (QED) is 0.532. The van der Waals surface area contributed by atoms with Crippen LogP contribution in [-0.2, 0) is 11.5 Å². The molecule has 4 heteroatoms.